The van der Waals surface area contributed by atoms with E-state index in [4.69, 9.17) is 0 Å². The second-order valence-corrected chi connectivity index (χ2v) is 6.79. The van der Waals surface area contributed by atoms with Gasteiger partial charge in [-0.2, -0.15) is 18.3 Å². The number of thioether (sulfide) groups is 1. The molecule has 0 bridgehead atoms. The van der Waals surface area contributed by atoms with E-state index < -0.39 is 22.2 Å². The number of aromatic amines is 1. The largest absolute Gasteiger partial charge is 0.416 e. The highest BCUT2D eigenvalue weighted by molar-refractivity contribution is 8.01. The molecular weight excluding hydrogens is 327 g/mol. The highest BCUT2D eigenvalue weighted by atomic mass is 32.2. The van der Waals surface area contributed by atoms with Crippen molar-refractivity contribution in [3.63, 3.8) is 0 Å². The number of nitrogens with one attached hydrogen (secondary N) is 2. The molecule has 2 aromatic rings. The maximum atomic E-state index is 13.4. The molecule has 0 saturated carbocycles. The molecule has 4 nitrogen and oxygen atoms in total. The summed E-state index contributed by atoms with van der Waals surface area (Å²) >= 11 is 1.19. The molecule has 1 amide bonds. The monoisotopic (exact) mass is 341 g/mol. The van der Waals surface area contributed by atoms with Gasteiger partial charge in [-0.3, -0.25) is 9.89 Å². The number of rotatable bonds is 1. The zero-order valence-corrected chi connectivity index (χ0v) is 13.2. The Morgan fingerprint density at radius 1 is 1.26 bits per heavy atom. The van der Waals surface area contributed by atoms with Gasteiger partial charge >= 0.3 is 6.18 Å². The number of benzene rings is 1. The lowest BCUT2D eigenvalue weighted by Gasteiger charge is -2.21. The van der Waals surface area contributed by atoms with Crippen LogP contribution in [0, 0.1) is 6.92 Å². The molecule has 0 spiro atoms. The van der Waals surface area contributed by atoms with E-state index in [9.17, 15) is 18.0 Å². The molecule has 1 aromatic heterocycles. The predicted octanol–water partition coefficient (Wildman–Crippen LogP) is 3.90. The first-order valence-electron chi connectivity index (χ1n) is 6.96. The first-order valence-corrected chi connectivity index (χ1v) is 7.90. The van der Waals surface area contributed by atoms with E-state index in [2.05, 4.69) is 15.5 Å². The third-order valence-corrected chi connectivity index (χ3v) is 5.14. The van der Waals surface area contributed by atoms with Crippen LogP contribution in [0.25, 0.3) is 0 Å². The molecule has 0 aliphatic carbocycles. The summed E-state index contributed by atoms with van der Waals surface area (Å²) in [6, 6.07) is 5.46. The third-order valence-electron chi connectivity index (χ3n) is 3.76. The maximum Gasteiger partial charge on any atom is 0.416 e. The fraction of sp³-hybridized carbons (Fsp3) is 0.333. The topological polar surface area (TPSA) is 57.8 Å². The van der Waals surface area contributed by atoms with Crippen molar-refractivity contribution in [1.29, 1.82) is 0 Å². The van der Waals surface area contributed by atoms with Gasteiger partial charge in [-0.1, -0.05) is 18.2 Å². The molecular formula is C15H14F3N3OS. The molecule has 0 fully saturated rings. The van der Waals surface area contributed by atoms with E-state index >= 15 is 0 Å². The van der Waals surface area contributed by atoms with E-state index in [0.717, 1.165) is 6.07 Å². The van der Waals surface area contributed by atoms with Gasteiger partial charge in [-0.15, -0.1) is 11.8 Å². The Morgan fingerprint density at radius 2 is 1.96 bits per heavy atom. The Bertz CT molecular complexity index is 757. The second-order valence-electron chi connectivity index (χ2n) is 5.34. The molecule has 0 unspecified atom stereocenters. The van der Waals surface area contributed by atoms with Gasteiger partial charge in [-0.05, 0) is 25.5 Å². The molecule has 1 aliphatic rings. The number of halogens is 3. The van der Waals surface area contributed by atoms with Crippen LogP contribution in [0.4, 0.5) is 19.0 Å². The van der Waals surface area contributed by atoms with Crippen LogP contribution in [0.3, 0.4) is 0 Å². The Labute approximate surface area is 134 Å². The lowest BCUT2D eigenvalue weighted by Crippen LogP contribution is -2.21. The quantitative estimate of drug-likeness (QED) is 0.827. The van der Waals surface area contributed by atoms with Gasteiger partial charge in [0.05, 0.1) is 16.1 Å². The molecule has 0 radical (unpaired) electrons. The molecule has 1 aromatic carbocycles. The fourth-order valence-electron chi connectivity index (χ4n) is 2.62. The van der Waals surface area contributed by atoms with Crippen LogP contribution >= 0.6 is 11.8 Å². The average molecular weight is 341 g/mol. The van der Waals surface area contributed by atoms with Crippen LogP contribution < -0.4 is 5.32 Å². The summed E-state index contributed by atoms with van der Waals surface area (Å²) in [4.78, 5) is 12.0. The average Bonchev–Trinajstić information content (AvgIpc) is 2.78. The number of alkyl halides is 3. The van der Waals surface area contributed by atoms with Gasteiger partial charge in [0, 0.05) is 11.3 Å². The fourth-order valence-corrected chi connectivity index (χ4v) is 3.99. The van der Waals surface area contributed by atoms with E-state index in [1.807, 2.05) is 0 Å². The van der Waals surface area contributed by atoms with Gasteiger partial charge in [-0.25, -0.2) is 0 Å². The molecule has 23 heavy (non-hydrogen) atoms. The van der Waals surface area contributed by atoms with E-state index in [1.165, 1.54) is 23.9 Å². The highest BCUT2D eigenvalue weighted by Crippen LogP contribution is 2.48. The van der Waals surface area contributed by atoms with Gasteiger partial charge in [0.25, 0.3) is 0 Å². The number of amides is 1. The molecule has 2 atom stereocenters. The number of carbonyl (C=O) groups excluding carboxylic acids is 1. The number of hydrogen-bond donors (Lipinski definition) is 2. The SMILES string of the molecule is Cc1[nH]nc2c1[C@H](c1ccccc1C(F)(F)F)S[C@@H](C)C(=O)N2. The number of nitrogens with zero attached hydrogens (tertiary/aromatic N) is 1. The number of aryl methyl sites for hydroxylation is 1. The van der Waals surface area contributed by atoms with E-state index in [-0.39, 0.29) is 11.5 Å². The standard InChI is InChI=1S/C15H14F3N3OS/c1-7-11-12(9-5-3-4-6-10(9)15(16,17)18)23-8(2)14(22)19-13(11)21-20-7/h3-6,8,12H,1-2H3,(H2,19,20,21,22)/t8-,12-/m0/s1. The molecule has 2 heterocycles. The zero-order chi connectivity index (χ0) is 16.8. The van der Waals surface area contributed by atoms with Crippen LogP contribution in [0.5, 0.6) is 0 Å². The molecule has 1 aliphatic heterocycles. The van der Waals surface area contributed by atoms with Crippen LogP contribution in [-0.2, 0) is 11.0 Å². The summed E-state index contributed by atoms with van der Waals surface area (Å²) in [7, 11) is 0. The highest BCUT2D eigenvalue weighted by Gasteiger charge is 2.39. The number of carbonyl (C=O) groups is 1. The molecule has 8 heteroatoms. The first-order chi connectivity index (χ1) is 10.8. The number of hydrogen-bond acceptors (Lipinski definition) is 3. The van der Waals surface area contributed by atoms with E-state index in [0.29, 0.717) is 17.1 Å². The second kappa shape index (κ2) is 5.59. The van der Waals surface area contributed by atoms with Crippen molar-refractivity contribution in [3.8, 4) is 0 Å². The zero-order valence-electron chi connectivity index (χ0n) is 12.4. The molecule has 122 valence electrons. The van der Waals surface area contributed by atoms with Crippen molar-refractivity contribution in [2.45, 2.75) is 30.5 Å². The lowest BCUT2D eigenvalue weighted by molar-refractivity contribution is -0.138. The first kappa shape index (κ1) is 15.9. The van der Waals surface area contributed by atoms with Crippen molar-refractivity contribution in [2.24, 2.45) is 0 Å². The molecule has 3 rings (SSSR count). The van der Waals surface area contributed by atoms with Crippen molar-refractivity contribution in [2.75, 3.05) is 5.32 Å². The van der Waals surface area contributed by atoms with E-state index in [1.54, 1.807) is 19.9 Å². The number of aromatic nitrogens is 2. The Hall–Kier alpha value is -1.96. The van der Waals surface area contributed by atoms with Gasteiger partial charge < -0.3 is 5.32 Å². The normalized spacial score (nSPS) is 21.5. The van der Waals surface area contributed by atoms with Crippen LogP contribution in [-0.4, -0.2) is 21.4 Å². The Morgan fingerprint density at radius 3 is 2.65 bits per heavy atom. The summed E-state index contributed by atoms with van der Waals surface area (Å²) in [5, 5.41) is 8.31. The lowest BCUT2D eigenvalue weighted by atomic mass is 9.98. The third kappa shape index (κ3) is 2.83. The number of fused-ring (bicyclic) bond motifs is 1. The van der Waals surface area contributed by atoms with Crippen LogP contribution in [0.1, 0.15) is 34.6 Å². The minimum absolute atomic E-state index is 0.138. The summed E-state index contributed by atoms with van der Waals surface area (Å²) in [6.07, 6.45) is -4.46. The van der Waals surface area contributed by atoms with Gasteiger partial charge in [0.15, 0.2) is 5.82 Å². The smallest absolute Gasteiger partial charge is 0.308 e. The summed E-state index contributed by atoms with van der Waals surface area (Å²) in [5.74, 6) is 0.0288. The van der Waals surface area contributed by atoms with Crippen molar-refractivity contribution < 1.29 is 18.0 Å². The summed E-state index contributed by atoms with van der Waals surface area (Å²) in [5.41, 5.74) is 0.679. The minimum Gasteiger partial charge on any atom is -0.308 e. The van der Waals surface area contributed by atoms with Crippen molar-refractivity contribution >= 4 is 23.5 Å². The Kier molecular flexibility index (Phi) is 3.87. The van der Waals surface area contributed by atoms with Gasteiger partial charge in [0.2, 0.25) is 5.91 Å². The van der Waals surface area contributed by atoms with Crippen molar-refractivity contribution in [3.05, 3.63) is 46.6 Å². The van der Waals surface area contributed by atoms with Crippen LogP contribution in [0.15, 0.2) is 24.3 Å². The predicted molar refractivity (Wildman–Crippen MR) is 82.3 cm³/mol. The molecule has 2 N–H and O–H groups in total. The van der Waals surface area contributed by atoms with Crippen LogP contribution in [0.2, 0.25) is 0 Å². The number of H-pyrrole nitrogens is 1. The van der Waals surface area contributed by atoms with Crippen molar-refractivity contribution in [1.82, 2.24) is 10.2 Å². The minimum atomic E-state index is -4.46. The number of anilines is 1. The Balaban J connectivity index is 2.19. The van der Waals surface area contributed by atoms with Gasteiger partial charge in [0.1, 0.15) is 0 Å². The summed E-state index contributed by atoms with van der Waals surface area (Å²) in [6.45, 7) is 3.41. The maximum absolute atomic E-state index is 13.4. The molecule has 0 saturated heterocycles. The summed E-state index contributed by atoms with van der Waals surface area (Å²) < 4.78 is 40.1.